The molecule has 140 valence electrons. The van der Waals surface area contributed by atoms with Crippen LogP contribution >= 0.6 is 23.1 Å². The first-order chi connectivity index (χ1) is 13.5. The molecule has 4 aromatic rings. The van der Waals surface area contributed by atoms with Gasteiger partial charge in [0.05, 0.1) is 11.4 Å². The minimum atomic E-state index is -0.300. The Kier molecular flexibility index (Phi) is 4.89. The van der Waals surface area contributed by atoms with Gasteiger partial charge in [-0.2, -0.15) is 9.36 Å². The Balaban J connectivity index is 1.58. The van der Waals surface area contributed by atoms with Crippen LogP contribution in [0.3, 0.4) is 0 Å². The molecule has 1 amide bonds. The second kappa shape index (κ2) is 7.49. The molecule has 0 radical (unpaired) electrons. The first-order valence-corrected chi connectivity index (χ1v) is 9.57. The van der Waals surface area contributed by atoms with Gasteiger partial charge in [-0.25, -0.2) is 4.68 Å². The maximum atomic E-state index is 12.3. The van der Waals surface area contributed by atoms with Gasteiger partial charge in [-0.3, -0.25) is 10.1 Å². The number of carbonyl (C=O) groups is 1. The molecule has 2 aromatic heterocycles. The molecule has 4 rings (SSSR count). The molecule has 0 unspecified atom stereocenters. The largest absolute Gasteiger partial charge is 0.297 e. The number of halogens is 1. The Morgan fingerprint density at radius 1 is 1.14 bits per heavy atom. The molecule has 0 aliphatic heterocycles. The number of benzene rings is 2. The minimum absolute atomic E-state index is 0.300. The fourth-order valence-electron chi connectivity index (χ4n) is 2.74. The van der Waals surface area contributed by atoms with E-state index >= 15 is 0 Å². The lowest BCUT2D eigenvalue weighted by atomic mass is 10.2. The zero-order valence-corrected chi connectivity index (χ0v) is 16.6. The number of nitrogens with zero attached hydrogens (tertiary/aromatic N) is 5. The van der Waals surface area contributed by atoms with Crippen LogP contribution in [-0.2, 0) is 0 Å². The second-order valence-electron chi connectivity index (χ2n) is 6.11. The Morgan fingerprint density at radius 2 is 1.96 bits per heavy atom. The monoisotopic (exact) mass is 410 g/mol. The Hall–Kier alpha value is -3.10. The highest BCUT2D eigenvalue weighted by Crippen LogP contribution is 2.25. The lowest BCUT2D eigenvalue weighted by Crippen LogP contribution is -2.11. The van der Waals surface area contributed by atoms with Gasteiger partial charge in [-0.15, -0.1) is 5.10 Å². The Morgan fingerprint density at radius 3 is 2.75 bits per heavy atom. The number of aromatic nitrogens is 5. The van der Waals surface area contributed by atoms with Crippen molar-refractivity contribution in [2.24, 2.45) is 0 Å². The van der Waals surface area contributed by atoms with Crippen molar-refractivity contribution in [2.45, 2.75) is 13.8 Å². The first kappa shape index (κ1) is 18.3. The van der Waals surface area contributed by atoms with Gasteiger partial charge in [0.25, 0.3) is 5.91 Å². The van der Waals surface area contributed by atoms with Crippen LogP contribution in [0.4, 0.5) is 5.13 Å². The van der Waals surface area contributed by atoms with Crippen LogP contribution in [-0.4, -0.2) is 30.3 Å². The SMILES string of the molecule is Cc1ccccc1-n1nnc(-c2nsc(NC(=O)c3cccc(Cl)c3)n2)c1C. The summed E-state index contributed by atoms with van der Waals surface area (Å²) in [5, 5.41) is 12.1. The predicted octanol–water partition coefficient (Wildman–Crippen LogP) is 4.31. The van der Waals surface area contributed by atoms with Crippen LogP contribution in [0.1, 0.15) is 21.6 Å². The molecule has 0 aliphatic carbocycles. The standard InChI is InChI=1S/C19H15ClN6OS/c1-11-6-3-4-9-15(11)26-12(2)16(23-25-26)17-21-19(28-24-17)22-18(27)13-7-5-8-14(20)10-13/h3-10H,1-2H3,(H,21,22,24,27). The fourth-order valence-corrected chi connectivity index (χ4v) is 3.49. The zero-order chi connectivity index (χ0) is 19.7. The summed E-state index contributed by atoms with van der Waals surface area (Å²) in [6.07, 6.45) is 0. The summed E-state index contributed by atoms with van der Waals surface area (Å²) in [5.74, 6) is 0.120. The van der Waals surface area contributed by atoms with Crippen LogP contribution in [0.2, 0.25) is 5.02 Å². The first-order valence-electron chi connectivity index (χ1n) is 8.42. The summed E-state index contributed by atoms with van der Waals surface area (Å²) in [4.78, 5) is 16.7. The topological polar surface area (TPSA) is 85.6 Å². The summed E-state index contributed by atoms with van der Waals surface area (Å²) in [6.45, 7) is 3.92. The van der Waals surface area contributed by atoms with Gasteiger partial charge < -0.3 is 0 Å². The number of hydrogen-bond donors (Lipinski definition) is 1. The summed E-state index contributed by atoms with van der Waals surface area (Å²) in [6, 6.07) is 14.6. The van der Waals surface area contributed by atoms with Gasteiger partial charge in [0.2, 0.25) is 5.13 Å². The van der Waals surface area contributed by atoms with E-state index in [1.54, 1.807) is 28.9 Å². The predicted molar refractivity (Wildman–Crippen MR) is 109 cm³/mol. The van der Waals surface area contributed by atoms with Crippen LogP contribution < -0.4 is 5.32 Å². The lowest BCUT2D eigenvalue weighted by Gasteiger charge is -2.06. The highest BCUT2D eigenvalue weighted by atomic mass is 35.5. The van der Waals surface area contributed by atoms with Crippen molar-refractivity contribution in [3.8, 4) is 17.2 Å². The molecule has 0 aliphatic rings. The summed E-state index contributed by atoms with van der Waals surface area (Å²) >= 11 is 7.02. The average molecular weight is 411 g/mol. The number of anilines is 1. The van der Waals surface area contributed by atoms with Crippen LogP contribution in [0.15, 0.2) is 48.5 Å². The van der Waals surface area contributed by atoms with E-state index in [1.165, 1.54) is 0 Å². The maximum absolute atomic E-state index is 12.3. The molecule has 0 fully saturated rings. The van der Waals surface area contributed by atoms with Crippen LogP contribution in [0.25, 0.3) is 17.2 Å². The van der Waals surface area contributed by atoms with E-state index < -0.39 is 0 Å². The highest BCUT2D eigenvalue weighted by Gasteiger charge is 2.18. The van der Waals surface area contributed by atoms with E-state index in [1.807, 2.05) is 38.1 Å². The Labute approximate surface area is 170 Å². The van der Waals surface area contributed by atoms with Crippen molar-refractivity contribution >= 4 is 34.2 Å². The summed E-state index contributed by atoms with van der Waals surface area (Å²) < 4.78 is 6.07. The van der Waals surface area contributed by atoms with Gasteiger partial charge in [0.1, 0.15) is 0 Å². The van der Waals surface area contributed by atoms with Gasteiger partial charge in [-0.05, 0) is 43.7 Å². The van der Waals surface area contributed by atoms with Crippen molar-refractivity contribution in [2.75, 3.05) is 5.32 Å². The van der Waals surface area contributed by atoms with E-state index in [4.69, 9.17) is 11.6 Å². The van der Waals surface area contributed by atoms with Crippen LogP contribution in [0, 0.1) is 13.8 Å². The molecule has 0 bridgehead atoms. The molecule has 7 nitrogen and oxygen atoms in total. The Bertz CT molecular complexity index is 1170. The molecule has 1 N–H and O–H groups in total. The lowest BCUT2D eigenvalue weighted by molar-refractivity contribution is 0.102. The van der Waals surface area contributed by atoms with Gasteiger partial charge in [-0.1, -0.05) is 41.1 Å². The van der Waals surface area contributed by atoms with E-state index in [2.05, 4.69) is 25.0 Å². The van der Waals surface area contributed by atoms with Gasteiger partial charge >= 0.3 is 0 Å². The molecule has 2 aromatic carbocycles. The fraction of sp³-hybridized carbons (Fsp3) is 0.105. The maximum Gasteiger partial charge on any atom is 0.257 e. The molecule has 28 heavy (non-hydrogen) atoms. The number of amides is 1. The van der Waals surface area contributed by atoms with E-state index in [9.17, 15) is 4.79 Å². The number of aryl methyl sites for hydroxylation is 1. The van der Waals surface area contributed by atoms with Gasteiger partial charge in [0.15, 0.2) is 11.5 Å². The van der Waals surface area contributed by atoms with Crippen molar-refractivity contribution in [3.05, 3.63) is 70.4 Å². The van der Waals surface area contributed by atoms with Crippen molar-refractivity contribution in [1.29, 1.82) is 0 Å². The normalized spacial score (nSPS) is 10.8. The second-order valence-corrected chi connectivity index (χ2v) is 7.30. The third-order valence-corrected chi connectivity index (χ3v) is 5.05. The molecule has 0 atom stereocenters. The molecule has 0 saturated heterocycles. The highest BCUT2D eigenvalue weighted by molar-refractivity contribution is 7.10. The smallest absolute Gasteiger partial charge is 0.257 e. The third kappa shape index (κ3) is 3.51. The zero-order valence-electron chi connectivity index (χ0n) is 15.0. The summed E-state index contributed by atoms with van der Waals surface area (Å²) in [5.41, 5.74) is 3.87. The van der Waals surface area contributed by atoms with Crippen molar-refractivity contribution in [3.63, 3.8) is 0 Å². The molecular formula is C19H15ClN6OS. The van der Waals surface area contributed by atoms with E-state index in [-0.39, 0.29) is 5.91 Å². The average Bonchev–Trinajstić information content (AvgIpc) is 3.28. The molecular weight excluding hydrogens is 396 g/mol. The number of nitrogens with one attached hydrogen (secondary N) is 1. The number of carbonyl (C=O) groups excluding carboxylic acids is 1. The third-order valence-electron chi connectivity index (χ3n) is 4.18. The van der Waals surface area contributed by atoms with E-state index in [0.717, 1.165) is 28.5 Å². The summed E-state index contributed by atoms with van der Waals surface area (Å²) in [7, 11) is 0. The van der Waals surface area contributed by atoms with Crippen molar-refractivity contribution in [1.82, 2.24) is 24.4 Å². The molecule has 0 spiro atoms. The number of hydrogen-bond acceptors (Lipinski definition) is 6. The van der Waals surface area contributed by atoms with Crippen molar-refractivity contribution < 1.29 is 4.79 Å². The number of para-hydroxylation sites is 1. The molecule has 2 heterocycles. The van der Waals surface area contributed by atoms with E-state index in [0.29, 0.717) is 27.2 Å². The minimum Gasteiger partial charge on any atom is -0.297 e. The molecule has 0 saturated carbocycles. The molecule has 9 heteroatoms. The van der Waals surface area contributed by atoms with Gasteiger partial charge in [0, 0.05) is 22.1 Å². The number of rotatable bonds is 4. The quantitative estimate of drug-likeness (QED) is 0.541. The van der Waals surface area contributed by atoms with Crippen LogP contribution in [0.5, 0.6) is 0 Å².